The first-order valence-electron chi connectivity index (χ1n) is 9.98. The number of fused-ring (bicyclic) bond motifs is 1. The number of nitrogens with one attached hydrogen (secondary N) is 1. The number of hydrogen-bond acceptors (Lipinski definition) is 6. The normalized spacial score (nSPS) is 18.0. The Hall–Kier alpha value is -2.36. The first-order chi connectivity index (χ1) is 14.4. The second kappa shape index (κ2) is 8.41. The summed E-state index contributed by atoms with van der Waals surface area (Å²) in [5.41, 5.74) is 2.88. The van der Waals surface area contributed by atoms with E-state index in [1.165, 1.54) is 9.87 Å². The summed E-state index contributed by atoms with van der Waals surface area (Å²) in [5.74, 6) is -0.129. The first-order valence-corrected chi connectivity index (χ1v) is 12.2. The summed E-state index contributed by atoms with van der Waals surface area (Å²) >= 11 is 0.992. The van der Waals surface area contributed by atoms with Crippen molar-refractivity contribution in [2.75, 3.05) is 18.4 Å². The monoisotopic (exact) mass is 444 g/mol. The molecule has 9 heteroatoms. The molecule has 1 fully saturated rings. The Balaban J connectivity index is 1.50. The van der Waals surface area contributed by atoms with Gasteiger partial charge in [0.15, 0.2) is 0 Å². The number of carbonyl (C=O) groups is 1. The van der Waals surface area contributed by atoms with Crippen LogP contribution in [0.3, 0.4) is 0 Å². The van der Waals surface area contributed by atoms with Crippen LogP contribution in [0.5, 0.6) is 0 Å². The van der Waals surface area contributed by atoms with Gasteiger partial charge < -0.3 is 5.32 Å². The summed E-state index contributed by atoms with van der Waals surface area (Å²) in [6, 6.07) is 12.8. The number of rotatable bonds is 5. The van der Waals surface area contributed by atoms with Gasteiger partial charge in [-0.15, -0.1) is 0 Å². The van der Waals surface area contributed by atoms with Crippen LogP contribution in [0.1, 0.15) is 38.2 Å². The van der Waals surface area contributed by atoms with Crippen LogP contribution in [-0.4, -0.2) is 40.5 Å². The van der Waals surface area contributed by atoms with Crippen molar-refractivity contribution in [2.45, 2.75) is 37.5 Å². The fraction of sp³-hybridized carbons (Fsp3) is 0.381. The minimum Gasteiger partial charge on any atom is -0.326 e. The SMILES string of the molecule is CC(C)c1ccc(NC(=O)[C@H]2CCCN(S(=O)(=O)c3cccc4nsnc34)C2)cc1. The van der Waals surface area contributed by atoms with Gasteiger partial charge in [0.05, 0.1) is 17.6 Å². The molecule has 0 spiro atoms. The number of piperidine rings is 1. The molecule has 1 aliphatic heterocycles. The molecule has 0 bridgehead atoms. The van der Waals surface area contributed by atoms with E-state index in [2.05, 4.69) is 27.9 Å². The zero-order valence-electron chi connectivity index (χ0n) is 16.9. The maximum Gasteiger partial charge on any atom is 0.245 e. The molecule has 2 aromatic carbocycles. The standard InChI is InChI=1S/C21H24N4O3S2/c1-14(2)15-8-10-17(11-9-15)22-21(26)16-5-4-12-25(13-16)30(27,28)19-7-3-6-18-20(19)24-29-23-18/h3,6-11,14,16H,4-5,12-13H2,1-2H3,(H,22,26)/t16-/m0/s1. The fourth-order valence-corrected chi connectivity index (χ4v) is 5.98. The number of sulfonamides is 1. The smallest absolute Gasteiger partial charge is 0.245 e. The first kappa shape index (κ1) is 20.9. The van der Waals surface area contributed by atoms with Crippen molar-refractivity contribution in [3.05, 3.63) is 48.0 Å². The summed E-state index contributed by atoms with van der Waals surface area (Å²) in [6.07, 6.45) is 1.29. The Morgan fingerprint density at radius 1 is 1.17 bits per heavy atom. The summed E-state index contributed by atoms with van der Waals surface area (Å²) in [6.45, 7) is 4.79. The highest BCUT2D eigenvalue weighted by Gasteiger charge is 2.34. The highest BCUT2D eigenvalue weighted by molar-refractivity contribution is 7.89. The molecule has 4 rings (SSSR count). The van der Waals surface area contributed by atoms with Crippen LogP contribution < -0.4 is 5.32 Å². The second-order valence-electron chi connectivity index (χ2n) is 7.86. The largest absolute Gasteiger partial charge is 0.326 e. The quantitative estimate of drug-likeness (QED) is 0.645. The lowest BCUT2D eigenvalue weighted by Gasteiger charge is -2.31. The molecular weight excluding hydrogens is 420 g/mol. The number of aromatic nitrogens is 2. The number of anilines is 1. The number of carbonyl (C=O) groups excluding carboxylic acids is 1. The minimum absolute atomic E-state index is 0.152. The second-order valence-corrected chi connectivity index (χ2v) is 10.3. The molecule has 1 amide bonds. The predicted octanol–water partition coefficient (Wildman–Crippen LogP) is 3.85. The molecule has 1 N–H and O–H groups in total. The van der Waals surface area contributed by atoms with E-state index in [4.69, 9.17) is 0 Å². The van der Waals surface area contributed by atoms with E-state index in [0.29, 0.717) is 36.3 Å². The third-order valence-electron chi connectivity index (χ3n) is 5.47. The summed E-state index contributed by atoms with van der Waals surface area (Å²) < 4.78 is 36.2. The number of hydrogen-bond donors (Lipinski definition) is 1. The Morgan fingerprint density at radius 2 is 1.93 bits per heavy atom. The van der Waals surface area contributed by atoms with Crippen LogP contribution in [-0.2, 0) is 14.8 Å². The van der Waals surface area contributed by atoms with Crippen LogP contribution in [0.4, 0.5) is 5.69 Å². The van der Waals surface area contributed by atoms with Crippen molar-refractivity contribution in [2.24, 2.45) is 5.92 Å². The van der Waals surface area contributed by atoms with E-state index < -0.39 is 15.9 Å². The van der Waals surface area contributed by atoms with Crippen LogP contribution in [0.2, 0.25) is 0 Å². The van der Waals surface area contributed by atoms with E-state index in [0.717, 1.165) is 17.4 Å². The van der Waals surface area contributed by atoms with Crippen molar-refractivity contribution in [1.29, 1.82) is 0 Å². The van der Waals surface area contributed by atoms with E-state index in [9.17, 15) is 13.2 Å². The van der Waals surface area contributed by atoms with Gasteiger partial charge in [0.1, 0.15) is 15.9 Å². The Bertz CT molecular complexity index is 1160. The van der Waals surface area contributed by atoms with Gasteiger partial charge in [-0.25, -0.2) is 8.42 Å². The molecule has 0 aliphatic carbocycles. The highest BCUT2D eigenvalue weighted by atomic mass is 32.2. The van der Waals surface area contributed by atoms with E-state index >= 15 is 0 Å². The predicted molar refractivity (Wildman–Crippen MR) is 118 cm³/mol. The molecule has 3 aromatic rings. The Kier molecular flexibility index (Phi) is 5.86. The van der Waals surface area contributed by atoms with Gasteiger partial charge in [-0.1, -0.05) is 32.0 Å². The Morgan fingerprint density at radius 3 is 2.67 bits per heavy atom. The molecule has 158 valence electrons. The van der Waals surface area contributed by atoms with E-state index in [1.54, 1.807) is 18.2 Å². The maximum absolute atomic E-state index is 13.3. The average Bonchev–Trinajstić information content (AvgIpc) is 3.23. The van der Waals surface area contributed by atoms with Gasteiger partial charge in [0.2, 0.25) is 15.9 Å². The molecule has 7 nitrogen and oxygen atoms in total. The van der Waals surface area contributed by atoms with Crippen molar-refractivity contribution in [3.8, 4) is 0 Å². The maximum atomic E-state index is 13.3. The molecule has 0 radical (unpaired) electrons. The summed E-state index contributed by atoms with van der Waals surface area (Å²) in [5, 5.41) is 2.93. The molecule has 1 atom stereocenters. The van der Waals surface area contributed by atoms with Crippen LogP contribution in [0.15, 0.2) is 47.4 Å². The van der Waals surface area contributed by atoms with Gasteiger partial charge in [-0.3, -0.25) is 4.79 Å². The van der Waals surface area contributed by atoms with E-state index in [1.807, 2.05) is 24.3 Å². The zero-order valence-corrected chi connectivity index (χ0v) is 18.5. The Labute approximate surface area is 180 Å². The minimum atomic E-state index is -3.76. The van der Waals surface area contributed by atoms with Gasteiger partial charge >= 0.3 is 0 Å². The third kappa shape index (κ3) is 4.10. The number of amides is 1. The molecule has 30 heavy (non-hydrogen) atoms. The fourth-order valence-electron chi connectivity index (χ4n) is 3.70. The summed E-state index contributed by atoms with van der Waals surface area (Å²) in [4.78, 5) is 13.0. The lowest BCUT2D eigenvalue weighted by atomic mass is 9.98. The molecule has 0 saturated carbocycles. The molecule has 1 aromatic heterocycles. The summed E-state index contributed by atoms with van der Waals surface area (Å²) in [7, 11) is -3.76. The third-order valence-corrected chi connectivity index (χ3v) is 7.91. The number of nitrogens with zero attached hydrogens (tertiary/aromatic N) is 3. The molecule has 1 aliphatic rings. The van der Waals surface area contributed by atoms with Crippen LogP contribution in [0.25, 0.3) is 11.0 Å². The van der Waals surface area contributed by atoms with Crippen LogP contribution >= 0.6 is 11.7 Å². The van der Waals surface area contributed by atoms with Gasteiger partial charge in [0, 0.05) is 18.8 Å². The van der Waals surface area contributed by atoms with Gasteiger partial charge in [0.25, 0.3) is 0 Å². The molecule has 0 unspecified atom stereocenters. The molecule has 2 heterocycles. The van der Waals surface area contributed by atoms with Crippen molar-refractivity contribution >= 4 is 44.4 Å². The lowest BCUT2D eigenvalue weighted by Crippen LogP contribution is -2.43. The van der Waals surface area contributed by atoms with Crippen molar-refractivity contribution < 1.29 is 13.2 Å². The van der Waals surface area contributed by atoms with E-state index in [-0.39, 0.29) is 17.3 Å². The van der Waals surface area contributed by atoms with Crippen molar-refractivity contribution in [1.82, 2.24) is 13.1 Å². The number of benzene rings is 2. The van der Waals surface area contributed by atoms with Crippen molar-refractivity contribution in [3.63, 3.8) is 0 Å². The van der Waals surface area contributed by atoms with Gasteiger partial charge in [-0.05, 0) is 48.6 Å². The highest BCUT2D eigenvalue weighted by Crippen LogP contribution is 2.28. The lowest BCUT2D eigenvalue weighted by molar-refractivity contribution is -0.120. The molecular formula is C21H24N4O3S2. The molecule has 1 saturated heterocycles. The van der Waals surface area contributed by atoms with Crippen LogP contribution in [0, 0.1) is 5.92 Å². The zero-order chi connectivity index (χ0) is 21.3. The average molecular weight is 445 g/mol. The van der Waals surface area contributed by atoms with Gasteiger partial charge in [-0.2, -0.15) is 13.1 Å². The topological polar surface area (TPSA) is 92.3 Å².